The molecule has 1 amide bonds. The number of ether oxygens (including phenoxy) is 1. The predicted octanol–water partition coefficient (Wildman–Crippen LogP) is 4.35. The lowest BCUT2D eigenvalue weighted by molar-refractivity contribution is -0.113. The molecule has 0 unspecified atom stereocenters. The van der Waals surface area contributed by atoms with Gasteiger partial charge in [0.15, 0.2) is 5.17 Å². The second-order valence-electron chi connectivity index (χ2n) is 7.29. The molecule has 0 atom stereocenters. The molecule has 1 saturated heterocycles. The van der Waals surface area contributed by atoms with Gasteiger partial charge in [0.05, 0.1) is 4.91 Å². The highest BCUT2D eigenvalue weighted by Crippen LogP contribution is 2.31. The zero-order valence-corrected chi connectivity index (χ0v) is 17.9. The Morgan fingerprint density at radius 2 is 1.83 bits per heavy atom. The van der Waals surface area contributed by atoms with Crippen LogP contribution in [0.15, 0.2) is 71.1 Å². The van der Waals surface area contributed by atoms with E-state index in [1.807, 2.05) is 30.3 Å². The number of anilines is 1. The van der Waals surface area contributed by atoms with E-state index in [9.17, 15) is 4.79 Å². The quantitative estimate of drug-likeness (QED) is 0.533. The third-order valence-electron chi connectivity index (χ3n) is 5.07. The van der Waals surface area contributed by atoms with Crippen molar-refractivity contribution in [2.24, 2.45) is 4.99 Å². The molecule has 0 radical (unpaired) electrons. The highest BCUT2D eigenvalue weighted by molar-refractivity contribution is 8.18. The Balaban J connectivity index is 1.36. The molecule has 0 N–H and O–H groups in total. The Labute approximate surface area is 181 Å². The van der Waals surface area contributed by atoms with Crippen molar-refractivity contribution in [1.29, 1.82) is 0 Å². The van der Waals surface area contributed by atoms with Crippen molar-refractivity contribution >= 4 is 34.6 Å². The topological polar surface area (TPSA) is 45.1 Å². The maximum absolute atomic E-state index is 12.4. The molecule has 2 aliphatic rings. The van der Waals surface area contributed by atoms with Crippen molar-refractivity contribution < 1.29 is 9.53 Å². The van der Waals surface area contributed by atoms with E-state index < -0.39 is 0 Å². The summed E-state index contributed by atoms with van der Waals surface area (Å²) in [4.78, 5) is 22.0. The summed E-state index contributed by atoms with van der Waals surface area (Å²) in [7, 11) is 0. The van der Waals surface area contributed by atoms with Gasteiger partial charge in [0.2, 0.25) is 0 Å². The smallest absolute Gasteiger partial charge is 0.286 e. The van der Waals surface area contributed by atoms with Gasteiger partial charge in [0.25, 0.3) is 5.91 Å². The Morgan fingerprint density at radius 3 is 2.53 bits per heavy atom. The summed E-state index contributed by atoms with van der Waals surface area (Å²) in [6.07, 6.45) is 3.60. The number of amidine groups is 1. The predicted molar refractivity (Wildman–Crippen MR) is 125 cm³/mol. The van der Waals surface area contributed by atoms with Crippen molar-refractivity contribution in [3.05, 3.63) is 77.2 Å². The van der Waals surface area contributed by atoms with E-state index in [1.54, 1.807) is 6.08 Å². The number of carbonyl (C=O) groups is 1. The fourth-order valence-electron chi connectivity index (χ4n) is 3.48. The van der Waals surface area contributed by atoms with Crippen molar-refractivity contribution in [1.82, 2.24) is 4.90 Å². The second-order valence-corrected chi connectivity index (χ2v) is 8.30. The first-order valence-electron chi connectivity index (χ1n) is 10.1. The van der Waals surface area contributed by atoms with Crippen LogP contribution in [0.1, 0.15) is 11.1 Å². The number of hydrogen-bond acceptors (Lipinski definition) is 5. The Hall–Kier alpha value is -2.99. The number of carbonyl (C=O) groups excluding carboxylic acids is 1. The molecule has 6 heteroatoms. The lowest BCUT2D eigenvalue weighted by atomic mass is 10.2. The van der Waals surface area contributed by atoms with E-state index in [4.69, 9.17) is 4.74 Å². The molecule has 0 saturated carbocycles. The molecule has 0 aliphatic carbocycles. The summed E-state index contributed by atoms with van der Waals surface area (Å²) in [5, 5.41) is 0.807. The minimum atomic E-state index is -0.164. The standard InChI is InChI=1S/C24H25N3O2S/c1-3-15-29-21-9-7-19(8-10-21)17-22-23(28)25-24(30-22)27-13-11-26(12-14-27)20-6-4-5-18(2)16-20/h3-10,16-17H,1,11-15H2,2H3. The summed E-state index contributed by atoms with van der Waals surface area (Å²) < 4.78 is 5.50. The minimum absolute atomic E-state index is 0.164. The molecule has 2 heterocycles. The molecule has 4 rings (SSSR count). The molecule has 154 valence electrons. The van der Waals surface area contributed by atoms with Crippen LogP contribution in [0.5, 0.6) is 5.75 Å². The molecule has 0 spiro atoms. The van der Waals surface area contributed by atoms with Crippen molar-refractivity contribution in [3.63, 3.8) is 0 Å². The van der Waals surface area contributed by atoms with Gasteiger partial charge in [0.1, 0.15) is 12.4 Å². The van der Waals surface area contributed by atoms with Crippen LogP contribution in [0.3, 0.4) is 0 Å². The lowest BCUT2D eigenvalue weighted by Gasteiger charge is -2.36. The number of aliphatic imine (C=N–C) groups is 1. The second kappa shape index (κ2) is 9.22. The normalized spacial score (nSPS) is 18.0. The third-order valence-corrected chi connectivity index (χ3v) is 6.12. The number of hydrogen-bond donors (Lipinski definition) is 0. The van der Waals surface area contributed by atoms with Crippen LogP contribution >= 0.6 is 11.8 Å². The average molecular weight is 420 g/mol. The number of aryl methyl sites for hydroxylation is 1. The zero-order valence-electron chi connectivity index (χ0n) is 17.1. The van der Waals surface area contributed by atoms with Gasteiger partial charge in [-0.05, 0) is 60.2 Å². The number of nitrogens with zero attached hydrogens (tertiary/aromatic N) is 3. The number of rotatable bonds is 5. The molecule has 30 heavy (non-hydrogen) atoms. The average Bonchev–Trinajstić information content (AvgIpc) is 3.13. The summed E-state index contributed by atoms with van der Waals surface area (Å²) in [5.41, 5.74) is 3.48. The van der Waals surface area contributed by atoms with Gasteiger partial charge < -0.3 is 14.5 Å². The largest absolute Gasteiger partial charge is 0.490 e. The van der Waals surface area contributed by atoms with E-state index in [0.717, 1.165) is 42.7 Å². The van der Waals surface area contributed by atoms with E-state index in [2.05, 4.69) is 52.6 Å². The molecule has 2 aliphatic heterocycles. The molecular formula is C24H25N3O2S. The summed E-state index contributed by atoms with van der Waals surface area (Å²) >= 11 is 1.46. The zero-order chi connectivity index (χ0) is 20.9. The number of amides is 1. The molecule has 5 nitrogen and oxygen atoms in total. The molecule has 0 aromatic heterocycles. The van der Waals surface area contributed by atoms with Gasteiger partial charge in [0, 0.05) is 31.9 Å². The Bertz CT molecular complexity index is 990. The Morgan fingerprint density at radius 1 is 1.10 bits per heavy atom. The first kappa shape index (κ1) is 20.3. The van der Waals surface area contributed by atoms with Crippen LogP contribution in [0.4, 0.5) is 5.69 Å². The summed E-state index contributed by atoms with van der Waals surface area (Å²) in [5.74, 6) is 0.619. The molecule has 2 aromatic carbocycles. The van der Waals surface area contributed by atoms with E-state index >= 15 is 0 Å². The van der Waals surface area contributed by atoms with Gasteiger partial charge in [-0.15, -0.1) is 0 Å². The summed E-state index contributed by atoms with van der Waals surface area (Å²) in [6, 6.07) is 16.3. The van der Waals surface area contributed by atoms with Crippen LogP contribution in [0.25, 0.3) is 6.08 Å². The van der Waals surface area contributed by atoms with Gasteiger partial charge in [-0.25, -0.2) is 0 Å². The molecular weight excluding hydrogens is 394 g/mol. The fourth-order valence-corrected chi connectivity index (χ4v) is 4.45. The van der Waals surface area contributed by atoms with Gasteiger partial charge in [-0.2, -0.15) is 4.99 Å². The first-order valence-corrected chi connectivity index (χ1v) is 10.9. The fraction of sp³-hybridized carbons (Fsp3) is 0.250. The lowest BCUT2D eigenvalue weighted by Crippen LogP contribution is -2.47. The molecule has 2 aromatic rings. The van der Waals surface area contributed by atoms with Gasteiger partial charge >= 0.3 is 0 Å². The molecule has 0 bridgehead atoms. The molecule has 1 fully saturated rings. The van der Waals surface area contributed by atoms with Gasteiger partial charge in [-0.3, -0.25) is 4.79 Å². The van der Waals surface area contributed by atoms with Crippen LogP contribution in [0, 0.1) is 6.92 Å². The highest BCUT2D eigenvalue weighted by Gasteiger charge is 2.28. The monoisotopic (exact) mass is 419 g/mol. The van der Waals surface area contributed by atoms with E-state index in [-0.39, 0.29) is 5.91 Å². The van der Waals surface area contributed by atoms with Crippen molar-refractivity contribution in [3.8, 4) is 5.75 Å². The van der Waals surface area contributed by atoms with Gasteiger partial charge in [-0.1, -0.05) is 36.9 Å². The number of thioether (sulfide) groups is 1. The maximum atomic E-state index is 12.4. The van der Waals surface area contributed by atoms with Crippen LogP contribution in [0.2, 0.25) is 0 Å². The first-order chi connectivity index (χ1) is 14.6. The SMILES string of the molecule is C=CCOc1ccc(C=C2SC(N3CCN(c4cccc(C)c4)CC3)=NC2=O)cc1. The Kier molecular flexibility index (Phi) is 6.23. The van der Waals surface area contributed by atoms with E-state index in [1.165, 1.54) is 23.0 Å². The number of piperazine rings is 1. The van der Waals surface area contributed by atoms with E-state index in [0.29, 0.717) is 11.5 Å². The maximum Gasteiger partial charge on any atom is 0.286 e. The van der Waals surface area contributed by atoms with Crippen LogP contribution in [-0.2, 0) is 4.79 Å². The number of benzene rings is 2. The van der Waals surface area contributed by atoms with Crippen LogP contribution < -0.4 is 9.64 Å². The van der Waals surface area contributed by atoms with Crippen LogP contribution in [-0.4, -0.2) is 48.8 Å². The highest BCUT2D eigenvalue weighted by atomic mass is 32.2. The van der Waals surface area contributed by atoms with Crippen molar-refractivity contribution in [2.75, 3.05) is 37.7 Å². The third kappa shape index (κ3) is 4.76. The minimum Gasteiger partial charge on any atom is -0.490 e. The summed E-state index contributed by atoms with van der Waals surface area (Å²) in [6.45, 7) is 9.79. The van der Waals surface area contributed by atoms with Crippen molar-refractivity contribution in [2.45, 2.75) is 6.92 Å².